The number of fused-ring (bicyclic) bond motifs is 1. The highest BCUT2D eigenvalue weighted by molar-refractivity contribution is 6.43. The van der Waals surface area contributed by atoms with Crippen LogP contribution in [0.25, 0.3) is 17.2 Å². The van der Waals surface area contributed by atoms with Crippen LogP contribution in [0.5, 0.6) is 0 Å². The van der Waals surface area contributed by atoms with Crippen LogP contribution >= 0.6 is 23.2 Å². The minimum Gasteiger partial charge on any atom is -0.0827 e. The highest BCUT2D eigenvalue weighted by Crippen LogP contribution is 2.39. The van der Waals surface area contributed by atoms with E-state index in [0.717, 1.165) is 17.5 Å². The fourth-order valence-electron chi connectivity index (χ4n) is 2.48. The molecule has 0 nitrogen and oxygen atoms in total. The number of hydrogen-bond donors (Lipinski definition) is 0. The van der Waals surface area contributed by atoms with Crippen molar-refractivity contribution in [3.8, 4) is 11.1 Å². The van der Waals surface area contributed by atoms with E-state index in [1.807, 2.05) is 18.2 Å². The van der Waals surface area contributed by atoms with Gasteiger partial charge in [-0.3, -0.25) is 0 Å². The van der Waals surface area contributed by atoms with E-state index in [4.69, 9.17) is 23.2 Å². The van der Waals surface area contributed by atoms with Gasteiger partial charge < -0.3 is 0 Å². The summed E-state index contributed by atoms with van der Waals surface area (Å²) in [6.07, 6.45) is 3.27. The predicted molar refractivity (Wildman–Crippen MR) is 79.3 cm³/mol. The molecule has 0 bridgehead atoms. The summed E-state index contributed by atoms with van der Waals surface area (Å²) in [4.78, 5) is 0. The maximum Gasteiger partial charge on any atom is 0.0670 e. The third-order valence-corrected chi connectivity index (χ3v) is 4.12. The van der Waals surface area contributed by atoms with Crippen molar-refractivity contribution < 1.29 is 0 Å². The van der Waals surface area contributed by atoms with Crippen LogP contribution in [0.1, 0.15) is 18.1 Å². The van der Waals surface area contributed by atoms with E-state index in [0.29, 0.717) is 10.0 Å². The Morgan fingerprint density at radius 3 is 2.50 bits per heavy atom. The number of rotatable bonds is 1. The first kappa shape index (κ1) is 11.8. The molecule has 0 amide bonds. The Labute approximate surface area is 117 Å². The maximum absolute atomic E-state index is 6.31. The minimum atomic E-state index is 0.602. The lowest BCUT2D eigenvalue weighted by molar-refractivity contribution is 1.20. The molecule has 0 aromatic heterocycles. The van der Waals surface area contributed by atoms with Crippen LogP contribution in [0.4, 0.5) is 0 Å². The molecule has 2 aromatic carbocycles. The fourth-order valence-corrected chi connectivity index (χ4v) is 2.88. The molecule has 0 heterocycles. The van der Waals surface area contributed by atoms with Gasteiger partial charge in [0.05, 0.1) is 10.0 Å². The van der Waals surface area contributed by atoms with Gasteiger partial charge in [-0.05, 0) is 36.1 Å². The lowest BCUT2D eigenvalue weighted by Gasteiger charge is -2.10. The molecule has 0 saturated carbocycles. The van der Waals surface area contributed by atoms with Crippen LogP contribution in [0.2, 0.25) is 10.0 Å². The van der Waals surface area contributed by atoms with Gasteiger partial charge in [-0.25, -0.2) is 0 Å². The quantitative estimate of drug-likeness (QED) is 0.633. The minimum absolute atomic E-state index is 0.602. The molecule has 1 aliphatic rings. The molecular formula is C16H12Cl2. The Bertz CT molecular complexity index is 654. The predicted octanol–water partition coefficient (Wildman–Crippen LogP) is 5.62. The lowest BCUT2D eigenvalue weighted by atomic mass is 9.97. The van der Waals surface area contributed by atoms with Gasteiger partial charge in [0.2, 0.25) is 0 Å². The highest BCUT2D eigenvalue weighted by atomic mass is 35.5. The van der Waals surface area contributed by atoms with E-state index in [1.54, 1.807) is 0 Å². The molecule has 1 aliphatic carbocycles. The Balaban J connectivity index is 2.25. The summed E-state index contributed by atoms with van der Waals surface area (Å²) in [7, 11) is 0. The van der Waals surface area contributed by atoms with E-state index in [2.05, 4.69) is 31.2 Å². The molecule has 0 N–H and O–H groups in total. The topological polar surface area (TPSA) is 0 Å². The van der Waals surface area contributed by atoms with Crippen molar-refractivity contribution in [1.82, 2.24) is 0 Å². The summed E-state index contributed by atoms with van der Waals surface area (Å²) in [6, 6.07) is 12.1. The van der Waals surface area contributed by atoms with Crippen molar-refractivity contribution in [2.45, 2.75) is 13.3 Å². The van der Waals surface area contributed by atoms with Crippen molar-refractivity contribution in [2.24, 2.45) is 0 Å². The monoisotopic (exact) mass is 274 g/mol. The Morgan fingerprint density at radius 2 is 1.67 bits per heavy atom. The van der Waals surface area contributed by atoms with Gasteiger partial charge in [0.15, 0.2) is 0 Å². The van der Waals surface area contributed by atoms with Crippen LogP contribution < -0.4 is 0 Å². The second kappa shape index (κ2) is 4.46. The van der Waals surface area contributed by atoms with Crippen molar-refractivity contribution >= 4 is 29.3 Å². The van der Waals surface area contributed by atoms with Crippen molar-refractivity contribution in [3.05, 3.63) is 63.1 Å². The molecule has 0 spiro atoms. The second-order valence-corrected chi connectivity index (χ2v) is 5.43. The molecule has 2 aromatic rings. The SMILES string of the molecule is CC1=Cc2c(cccc2-c2cccc(Cl)c2Cl)C1. The first-order valence-corrected chi connectivity index (χ1v) is 6.66. The summed E-state index contributed by atoms with van der Waals surface area (Å²) >= 11 is 12.4. The zero-order chi connectivity index (χ0) is 12.7. The van der Waals surface area contributed by atoms with Gasteiger partial charge >= 0.3 is 0 Å². The average Bonchev–Trinajstić information content (AvgIpc) is 2.73. The molecule has 90 valence electrons. The molecule has 0 fully saturated rings. The Morgan fingerprint density at radius 1 is 0.944 bits per heavy atom. The van der Waals surface area contributed by atoms with Crippen LogP contribution in [-0.2, 0) is 6.42 Å². The molecule has 0 atom stereocenters. The van der Waals surface area contributed by atoms with E-state index < -0.39 is 0 Å². The Hall–Kier alpha value is -1.24. The van der Waals surface area contributed by atoms with Crippen LogP contribution in [0.3, 0.4) is 0 Å². The fraction of sp³-hybridized carbons (Fsp3) is 0.125. The highest BCUT2D eigenvalue weighted by Gasteiger charge is 2.16. The van der Waals surface area contributed by atoms with Gasteiger partial charge in [-0.2, -0.15) is 0 Å². The summed E-state index contributed by atoms with van der Waals surface area (Å²) in [5.74, 6) is 0. The van der Waals surface area contributed by atoms with Gasteiger partial charge in [0, 0.05) is 5.56 Å². The number of hydrogen-bond acceptors (Lipinski definition) is 0. The van der Waals surface area contributed by atoms with Gasteiger partial charge in [-0.1, -0.05) is 65.2 Å². The summed E-state index contributed by atoms with van der Waals surface area (Å²) in [6.45, 7) is 2.16. The molecule has 0 radical (unpaired) electrons. The first-order chi connectivity index (χ1) is 8.66. The molecule has 0 unspecified atom stereocenters. The van der Waals surface area contributed by atoms with E-state index in [1.165, 1.54) is 16.7 Å². The van der Waals surface area contributed by atoms with Crippen LogP contribution in [0, 0.1) is 0 Å². The van der Waals surface area contributed by atoms with E-state index >= 15 is 0 Å². The first-order valence-electron chi connectivity index (χ1n) is 5.90. The third-order valence-electron chi connectivity index (χ3n) is 3.30. The standard InChI is InChI=1S/C16H12Cl2/c1-10-8-11-4-2-5-12(14(11)9-10)13-6-3-7-15(17)16(13)18/h2-7,9H,8H2,1H3. The van der Waals surface area contributed by atoms with Crippen molar-refractivity contribution in [3.63, 3.8) is 0 Å². The van der Waals surface area contributed by atoms with Gasteiger partial charge in [0.25, 0.3) is 0 Å². The number of benzene rings is 2. The normalized spacial score (nSPS) is 13.4. The third kappa shape index (κ3) is 1.86. The van der Waals surface area contributed by atoms with Gasteiger partial charge in [0.1, 0.15) is 0 Å². The van der Waals surface area contributed by atoms with Crippen molar-refractivity contribution in [2.75, 3.05) is 0 Å². The molecule has 0 saturated heterocycles. The van der Waals surface area contributed by atoms with Crippen molar-refractivity contribution in [1.29, 1.82) is 0 Å². The number of allylic oxidation sites excluding steroid dienone is 1. The van der Waals surface area contributed by atoms with Crippen LogP contribution in [0.15, 0.2) is 42.0 Å². The molecule has 2 heteroatoms. The molecule has 18 heavy (non-hydrogen) atoms. The zero-order valence-electron chi connectivity index (χ0n) is 10.0. The molecular weight excluding hydrogens is 263 g/mol. The molecule has 0 aliphatic heterocycles. The second-order valence-electron chi connectivity index (χ2n) is 4.65. The maximum atomic E-state index is 6.31. The lowest BCUT2D eigenvalue weighted by Crippen LogP contribution is -1.88. The Kier molecular flexibility index (Phi) is 2.93. The van der Waals surface area contributed by atoms with E-state index in [9.17, 15) is 0 Å². The zero-order valence-corrected chi connectivity index (χ0v) is 11.5. The summed E-state index contributed by atoms with van der Waals surface area (Å²) in [5, 5.41) is 1.23. The number of halogens is 2. The molecule has 3 rings (SSSR count). The van der Waals surface area contributed by atoms with E-state index in [-0.39, 0.29) is 0 Å². The van der Waals surface area contributed by atoms with Crippen LogP contribution in [-0.4, -0.2) is 0 Å². The van der Waals surface area contributed by atoms with Gasteiger partial charge in [-0.15, -0.1) is 0 Å². The summed E-state index contributed by atoms with van der Waals surface area (Å²) < 4.78 is 0. The average molecular weight is 275 g/mol. The largest absolute Gasteiger partial charge is 0.0827 e. The smallest absolute Gasteiger partial charge is 0.0670 e. The summed E-state index contributed by atoms with van der Waals surface area (Å²) in [5.41, 5.74) is 6.19.